The number of hydrogen-bond donors (Lipinski definition) is 1. The molecule has 1 aromatic heterocycles. The fourth-order valence-corrected chi connectivity index (χ4v) is 9.08. The Morgan fingerprint density at radius 3 is 2.08 bits per heavy atom. The topological polar surface area (TPSA) is 37.8 Å². The van der Waals surface area contributed by atoms with Gasteiger partial charge in [-0.1, -0.05) is 153 Å². The highest BCUT2D eigenvalue weighted by molar-refractivity contribution is 8.00. The first kappa shape index (κ1) is 29.2. The molecule has 238 valence electrons. The second-order valence-corrected chi connectivity index (χ2v) is 15.0. The molecule has 3 nitrogen and oxygen atoms in total. The molecule has 7 aromatic carbocycles. The smallest absolute Gasteiger partial charge is 0.160 e. The van der Waals surface area contributed by atoms with Gasteiger partial charge in [0.2, 0.25) is 0 Å². The second-order valence-electron chi connectivity index (χ2n) is 13.9. The Labute approximate surface area is 296 Å². The Kier molecular flexibility index (Phi) is 6.52. The molecule has 4 heteroatoms. The average molecular weight is 660 g/mol. The summed E-state index contributed by atoms with van der Waals surface area (Å²) in [5.41, 5.74) is 12.8. The predicted octanol–water partition coefficient (Wildman–Crippen LogP) is 12.3. The minimum absolute atomic E-state index is 0.0875. The van der Waals surface area contributed by atoms with Crippen LogP contribution >= 0.6 is 11.8 Å². The Bertz CT molecular complexity index is 2630. The summed E-state index contributed by atoms with van der Waals surface area (Å²) in [6.07, 6.45) is 0. The maximum absolute atomic E-state index is 5.27. The summed E-state index contributed by atoms with van der Waals surface area (Å²) in [4.78, 5) is 11.7. The molecule has 2 heterocycles. The molecule has 2 aliphatic rings. The summed E-state index contributed by atoms with van der Waals surface area (Å²) in [6.45, 7) is 4.65. The van der Waals surface area contributed by atoms with Crippen LogP contribution in [0.25, 0.3) is 66.6 Å². The van der Waals surface area contributed by atoms with Crippen molar-refractivity contribution in [2.45, 2.75) is 29.5 Å². The molecule has 0 saturated carbocycles. The summed E-state index contributed by atoms with van der Waals surface area (Å²) >= 11 is 1.88. The van der Waals surface area contributed by atoms with Crippen LogP contribution in [0, 0.1) is 0 Å². The number of nitrogens with one attached hydrogen (secondary N) is 1. The fourth-order valence-electron chi connectivity index (χ4n) is 7.93. The largest absolute Gasteiger partial charge is 0.368 e. The van der Waals surface area contributed by atoms with Crippen molar-refractivity contribution in [1.82, 2.24) is 9.97 Å². The lowest BCUT2D eigenvalue weighted by Gasteiger charge is -2.22. The summed E-state index contributed by atoms with van der Waals surface area (Å²) in [5, 5.41) is 8.94. The standard InChI is InChI=1S/C46H33N3S/c1-46(2)37-16-10-9-15-35(37)36-23-19-32(26-38(36)46)40-27-39(28-11-5-3-6-12-28)47-44(48-40)33-20-22-34-31(25-33)18-17-29-21-24-41-43(42(29)34)49-45(50-41)30-13-7-4-8-14-30/h3-27,45,49H,1-2H3. The number of fused-ring (bicyclic) bond motifs is 8. The van der Waals surface area contributed by atoms with Crippen LogP contribution in [-0.2, 0) is 5.41 Å². The highest BCUT2D eigenvalue weighted by Crippen LogP contribution is 2.51. The predicted molar refractivity (Wildman–Crippen MR) is 210 cm³/mol. The van der Waals surface area contributed by atoms with E-state index in [1.807, 2.05) is 17.8 Å². The first-order chi connectivity index (χ1) is 24.5. The zero-order chi connectivity index (χ0) is 33.4. The molecule has 1 atom stereocenters. The van der Waals surface area contributed by atoms with Crippen molar-refractivity contribution < 1.29 is 0 Å². The van der Waals surface area contributed by atoms with Crippen LogP contribution in [0.3, 0.4) is 0 Å². The summed E-state index contributed by atoms with van der Waals surface area (Å²) in [5.74, 6) is 0.725. The highest BCUT2D eigenvalue weighted by atomic mass is 32.2. The molecular formula is C46H33N3S. The van der Waals surface area contributed by atoms with E-state index in [0.29, 0.717) is 0 Å². The lowest BCUT2D eigenvalue weighted by atomic mass is 9.82. The Morgan fingerprint density at radius 1 is 0.560 bits per heavy atom. The molecular weight excluding hydrogens is 627 g/mol. The van der Waals surface area contributed by atoms with Crippen LogP contribution in [-0.4, -0.2) is 9.97 Å². The molecule has 1 aliphatic carbocycles. The zero-order valence-corrected chi connectivity index (χ0v) is 28.6. The Balaban J connectivity index is 1.10. The molecule has 1 aliphatic heterocycles. The van der Waals surface area contributed by atoms with Gasteiger partial charge in [-0.05, 0) is 68.2 Å². The minimum atomic E-state index is -0.0875. The lowest BCUT2D eigenvalue weighted by Crippen LogP contribution is -2.14. The molecule has 10 rings (SSSR count). The van der Waals surface area contributed by atoms with Crippen LogP contribution in [0.2, 0.25) is 0 Å². The summed E-state index contributed by atoms with van der Waals surface area (Å²) < 4.78 is 0. The van der Waals surface area contributed by atoms with Gasteiger partial charge in [-0.3, -0.25) is 0 Å². The lowest BCUT2D eigenvalue weighted by molar-refractivity contribution is 0.660. The van der Waals surface area contributed by atoms with E-state index in [9.17, 15) is 0 Å². The average Bonchev–Trinajstić information content (AvgIpc) is 3.71. The van der Waals surface area contributed by atoms with Crippen molar-refractivity contribution >= 4 is 39.0 Å². The molecule has 0 spiro atoms. The molecule has 1 unspecified atom stereocenters. The normalized spacial score (nSPS) is 15.4. The molecule has 0 amide bonds. The maximum Gasteiger partial charge on any atom is 0.160 e. The van der Waals surface area contributed by atoms with Crippen LogP contribution < -0.4 is 5.32 Å². The number of benzene rings is 7. The first-order valence-electron chi connectivity index (χ1n) is 17.2. The quantitative estimate of drug-likeness (QED) is 0.191. The van der Waals surface area contributed by atoms with Gasteiger partial charge in [-0.25, -0.2) is 9.97 Å². The Morgan fingerprint density at radius 2 is 1.24 bits per heavy atom. The van der Waals surface area contributed by atoms with Crippen molar-refractivity contribution in [2.75, 3.05) is 5.32 Å². The van der Waals surface area contributed by atoms with E-state index >= 15 is 0 Å². The summed E-state index contributed by atoms with van der Waals surface area (Å²) in [7, 11) is 0. The SMILES string of the molecule is CC1(C)c2ccccc2-c2ccc(-c3cc(-c4ccccc4)nc(-c4ccc5c(ccc6ccc7c(c65)NC(c5ccccc5)S7)c4)n3)cc21. The molecule has 0 radical (unpaired) electrons. The van der Waals surface area contributed by atoms with Crippen molar-refractivity contribution in [3.63, 3.8) is 0 Å². The van der Waals surface area contributed by atoms with Gasteiger partial charge >= 0.3 is 0 Å². The third-order valence-corrected chi connectivity index (χ3v) is 11.7. The highest BCUT2D eigenvalue weighted by Gasteiger charge is 2.35. The fraction of sp³-hybridized carbons (Fsp3) is 0.0870. The van der Waals surface area contributed by atoms with E-state index in [1.165, 1.54) is 59.9 Å². The van der Waals surface area contributed by atoms with E-state index in [4.69, 9.17) is 9.97 Å². The number of aromatic nitrogens is 2. The van der Waals surface area contributed by atoms with Gasteiger partial charge in [0.25, 0.3) is 0 Å². The summed E-state index contributed by atoms with van der Waals surface area (Å²) in [6, 6.07) is 54.6. The number of thioether (sulfide) groups is 1. The van der Waals surface area contributed by atoms with Crippen molar-refractivity contribution in [2.24, 2.45) is 0 Å². The van der Waals surface area contributed by atoms with Gasteiger partial charge in [-0.2, -0.15) is 0 Å². The molecule has 0 bridgehead atoms. The van der Waals surface area contributed by atoms with E-state index in [0.717, 1.165) is 33.9 Å². The third-order valence-electron chi connectivity index (χ3n) is 10.5. The van der Waals surface area contributed by atoms with Crippen molar-refractivity contribution in [1.29, 1.82) is 0 Å². The van der Waals surface area contributed by atoms with Crippen LogP contribution in [0.5, 0.6) is 0 Å². The van der Waals surface area contributed by atoms with Crippen molar-refractivity contribution in [3.8, 4) is 45.0 Å². The molecule has 0 fully saturated rings. The number of hydrogen-bond acceptors (Lipinski definition) is 4. The van der Waals surface area contributed by atoms with Gasteiger partial charge in [0.05, 0.1) is 17.1 Å². The minimum Gasteiger partial charge on any atom is -0.368 e. The van der Waals surface area contributed by atoms with Crippen molar-refractivity contribution in [3.05, 3.63) is 168 Å². The van der Waals surface area contributed by atoms with Gasteiger partial charge in [0.15, 0.2) is 5.82 Å². The van der Waals surface area contributed by atoms with E-state index in [-0.39, 0.29) is 10.8 Å². The molecule has 0 saturated heterocycles. The maximum atomic E-state index is 5.27. The molecule has 50 heavy (non-hydrogen) atoms. The molecule has 1 N–H and O–H groups in total. The number of rotatable bonds is 4. The second kappa shape index (κ2) is 11.2. The van der Waals surface area contributed by atoms with E-state index in [1.54, 1.807) is 0 Å². The third kappa shape index (κ3) is 4.59. The van der Waals surface area contributed by atoms with Gasteiger partial charge in [0.1, 0.15) is 5.37 Å². The van der Waals surface area contributed by atoms with E-state index < -0.39 is 0 Å². The van der Waals surface area contributed by atoms with Crippen LogP contribution in [0.4, 0.5) is 5.69 Å². The zero-order valence-electron chi connectivity index (χ0n) is 27.8. The van der Waals surface area contributed by atoms with Crippen LogP contribution in [0.15, 0.2) is 157 Å². The van der Waals surface area contributed by atoms with Gasteiger partial charge < -0.3 is 5.32 Å². The first-order valence-corrected chi connectivity index (χ1v) is 18.1. The van der Waals surface area contributed by atoms with Crippen LogP contribution in [0.1, 0.15) is 35.9 Å². The number of anilines is 1. The Hall–Kier alpha value is -5.71. The van der Waals surface area contributed by atoms with Gasteiger partial charge in [0, 0.05) is 32.4 Å². The van der Waals surface area contributed by atoms with Gasteiger partial charge in [-0.15, -0.1) is 0 Å². The monoisotopic (exact) mass is 659 g/mol. The number of nitrogens with zero attached hydrogens (tertiary/aromatic N) is 2. The van der Waals surface area contributed by atoms with E-state index in [2.05, 4.69) is 165 Å². The molecule has 8 aromatic rings.